The molecule has 2 aliphatic rings. The molecule has 25 heavy (non-hydrogen) atoms. The van der Waals surface area contributed by atoms with Crippen LogP contribution in [0.4, 0.5) is 5.69 Å². The molecule has 1 aliphatic heterocycles. The second-order valence-electron chi connectivity index (χ2n) is 6.65. The highest BCUT2D eigenvalue weighted by atomic mass is 35.5. The van der Waals surface area contributed by atoms with E-state index in [1.54, 1.807) is 11.0 Å². The number of benzene rings is 1. The van der Waals surface area contributed by atoms with Crippen LogP contribution in [0.1, 0.15) is 24.8 Å². The molecule has 4 rings (SSSR count). The van der Waals surface area contributed by atoms with Crippen LogP contribution in [0, 0.1) is 11.3 Å². The van der Waals surface area contributed by atoms with Crippen LogP contribution >= 0.6 is 24.8 Å². The molecule has 1 spiro atoms. The fourth-order valence-corrected chi connectivity index (χ4v) is 3.67. The third kappa shape index (κ3) is 4.32. The molecular weight excluding hydrogens is 361 g/mol. The number of piperidine rings is 1. The van der Waals surface area contributed by atoms with Gasteiger partial charge in [0, 0.05) is 11.6 Å². The van der Waals surface area contributed by atoms with Crippen LogP contribution in [-0.2, 0) is 11.3 Å². The molecule has 2 aromatic rings. The molecule has 0 radical (unpaired) electrons. The van der Waals surface area contributed by atoms with Gasteiger partial charge < -0.3 is 10.6 Å². The van der Waals surface area contributed by atoms with Crippen molar-refractivity contribution in [3.8, 4) is 0 Å². The van der Waals surface area contributed by atoms with Crippen molar-refractivity contribution in [2.75, 3.05) is 18.4 Å². The van der Waals surface area contributed by atoms with Gasteiger partial charge in [0.2, 0.25) is 5.91 Å². The third-order valence-electron chi connectivity index (χ3n) is 5.11. The van der Waals surface area contributed by atoms with E-state index in [9.17, 15) is 4.79 Å². The summed E-state index contributed by atoms with van der Waals surface area (Å²) in [7, 11) is 0. The summed E-state index contributed by atoms with van der Waals surface area (Å²) in [6, 6.07) is 7.95. The summed E-state index contributed by atoms with van der Waals surface area (Å²) in [6.45, 7) is 2.73. The van der Waals surface area contributed by atoms with Crippen LogP contribution in [0.5, 0.6) is 0 Å². The Morgan fingerprint density at radius 3 is 2.84 bits per heavy atom. The topological polar surface area (TPSA) is 71.8 Å². The Labute approximate surface area is 159 Å². The lowest BCUT2D eigenvalue weighted by Crippen LogP contribution is -2.31. The standard InChI is InChI=1S/C17H21N5O.2ClH/c23-16(15-9-17(15)4-6-18-7-5-17)21-14-3-1-2-13(8-14)10-22-12-19-11-20-22;;/h1-3,8,11-12,15,18H,4-7,9-10H2,(H,21,23);2*1H. The summed E-state index contributed by atoms with van der Waals surface area (Å²) in [5.74, 6) is 0.355. The van der Waals surface area contributed by atoms with E-state index in [0.29, 0.717) is 6.54 Å². The van der Waals surface area contributed by atoms with Gasteiger partial charge in [-0.25, -0.2) is 9.67 Å². The van der Waals surface area contributed by atoms with Gasteiger partial charge in [0.25, 0.3) is 0 Å². The minimum Gasteiger partial charge on any atom is -0.326 e. The fourth-order valence-electron chi connectivity index (χ4n) is 3.67. The Hall–Kier alpha value is -1.63. The van der Waals surface area contributed by atoms with Gasteiger partial charge in [-0.3, -0.25) is 4.79 Å². The maximum atomic E-state index is 12.5. The van der Waals surface area contributed by atoms with Crippen LogP contribution in [0.25, 0.3) is 0 Å². The number of nitrogens with one attached hydrogen (secondary N) is 2. The second kappa shape index (κ2) is 8.17. The van der Waals surface area contributed by atoms with Gasteiger partial charge in [-0.05, 0) is 55.5 Å². The lowest BCUT2D eigenvalue weighted by molar-refractivity contribution is -0.118. The number of hydrogen-bond acceptors (Lipinski definition) is 4. The molecule has 1 unspecified atom stereocenters. The SMILES string of the molecule is Cl.Cl.O=C(Nc1cccc(Cn2cncn2)c1)C1CC12CCNCC2. The second-order valence-corrected chi connectivity index (χ2v) is 6.65. The van der Waals surface area contributed by atoms with Gasteiger partial charge in [0.15, 0.2) is 0 Å². The highest BCUT2D eigenvalue weighted by molar-refractivity contribution is 5.95. The molecule has 2 N–H and O–H groups in total. The summed E-state index contributed by atoms with van der Waals surface area (Å²) in [5, 5.41) is 10.6. The van der Waals surface area contributed by atoms with E-state index >= 15 is 0 Å². The molecule has 8 heteroatoms. The lowest BCUT2D eigenvalue weighted by Gasteiger charge is -2.23. The van der Waals surface area contributed by atoms with E-state index in [1.807, 2.05) is 24.3 Å². The zero-order chi connectivity index (χ0) is 15.7. The van der Waals surface area contributed by atoms with Gasteiger partial charge in [-0.1, -0.05) is 12.1 Å². The van der Waals surface area contributed by atoms with E-state index < -0.39 is 0 Å². The molecule has 0 bridgehead atoms. The molecule has 1 atom stereocenters. The number of carbonyl (C=O) groups is 1. The summed E-state index contributed by atoms with van der Waals surface area (Å²) in [5.41, 5.74) is 2.23. The van der Waals surface area contributed by atoms with Gasteiger partial charge in [-0.15, -0.1) is 24.8 Å². The first-order valence-electron chi connectivity index (χ1n) is 8.18. The normalized spacial score (nSPS) is 20.2. The predicted octanol–water partition coefficient (Wildman–Crippen LogP) is 2.50. The lowest BCUT2D eigenvalue weighted by atomic mass is 9.92. The molecule has 1 aliphatic carbocycles. The number of anilines is 1. The number of rotatable bonds is 4. The molecule has 6 nitrogen and oxygen atoms in total. The van der Waals surface area contributed by atoms with E-state index in [4.69, 9.17) is 0 Å². The van der Waals surface area contributed by atoms with Crippen molar-refractivity contribution in [1.82, 2.24) is 20.1 Å². The highest BCUT2D eigenvalue weighted by Gasteiger charge is 2.57. The molecular formula is C17H23Cl2N5O. The Bertz CT molecular complexity index is 701. The number of aromatic nitrogens is 3. The smallest absolute Gasteiger partial charge is 0.228 e. The van der Waals surface area contributed by atoms with Crippen molar-refractivity contribution >= 4 is 36.4 Å². The molecule has 1 amide bonds. The zero-order valence-corrected chi connectivity index (χ0v) is 15.5. The van der Waals surface area contributed by atoms with Crippen LogP contribution in [0.3, 0.4) is 0 Å². The van der Waals surface area contributed by atoms with E-state index in [2.05, 4.69) is 20.7 Å². The number of halogens is 2. The predicted molar refractivity (Wildman–Crippen MR) is 101 cm³/mol. The largest absolute Gasteiger partial charge is 0.326 e. The number of hydrogen-bond donors (Lipinski definition) is 2. The third-order valence-corrected chi connectivity index (χ3v) is 5.11. The summed E-state index contributed by atoms with van der Waals surface area (Å²) < 4.78 is 1.77. The van der Waals surface area contributed by atoms with E-state index in [0.717, 1.165) is 43.6 Å². The van der Waals surface area contributed by atoms with E-state index in [1.165, 1.54) is 6.33 Å². The van der Waals surface area contributed by atoms with Crippen molar-refractivity contribution in [3.63, 3.8) is 0 Å². The Morgan fingerprint density at radius 1 is 1.32 bits per heavy atom. The first-order chi connectivity index (χ1) is 11.3. The highest BCUT2D eigenvalue weighted by Crippen LogP contribution is 2.58. The van der Waals surface area contributed by atoms with Crippen molar-refractivity contribution in [2.24, 2.45) is 11.3 Å². The Morgan fingerprint density at radius 2 is 2.12 bits per heavy atom. The van der Waals surface area contributed by atoms with Crippen molar-refractivity contribution < 1.29 is 4.79 Å². The fraction of sp³-hybridized carbons (Fsp3) is 0.471. The zero-order valence-electron chi connectivity index (χ0n) is 13.9. The Balaban J connectivity index is 0.00000113. The van der Waals surface area contributed by atoms with Crippen molar-refractivity contribution in [3.05, 3.63) is 42.5 Å². The van der Waals surface area contributed by atoms with Crippen molar-refractivity contribution in [1.29, 1.82) is 0 Å². The van der Waals surface area contributed by atoms with Gasteiger partial charge in [0.05, 0.1) is 6.54 Å². The van der Waals surface area contributed by atoms with Crippen LogP contribution in [0.2, 0.25) is 0 Å². The monoisotopic (exact) mass is 383 g/mol. The Kier molecular flexibility index (Phi) is 6.43. The van der Waals surface area contributed by atoms with Crippen LogP contribution < -0.4 is 10.6 Å². The summed E-state index contributed by atoms with van der Waals surface area (Å²) in [4.78, 5) is 16.5. The summed E-state index contributed by atoms with van der Waals surface area (Å²) in [6.07, 6.45) is 6.50. The van der Waals surface area contributed by atoms with E-state index in [-0.39, 0.29) is 42.1 Å². The first kappa shape index (κ1) is 19.7. The average Bonchev–Trinajstić information content (AvgIpc) is 3.00. The van der Waals surface area contributed by atoms with Gasteiger partial charge in [0.1, 0.15) is 12.7 Å². The molecule has 2 heterocycles. The molecule has 2 fully saturated rings. The van der Waals surface area contributed by atoms with Gasteiger partial charge in [-0.2, -0.15) is 5.10 Å². The quantitative estimate of drug-likeness (QED) is 0.850. The minimum absolute atomic E-state index is 0. The van der Waals surface area contributed by atoms with Crippen molar-refractivity contribution in [2.45, 2.75) is 25.8 Å². The maximum absolute atomic E-state index is 12.5. The first-order valence-corrected chi connectivity index (χ1v) is 8.18. The summed E-state index contributed by atoms with van der Waals surface area (Å²) >= 11 is 0. The molecule has 136 valence electrons. The maximum Gasteiger partial charge on any atom is 0.228 e. The average molecular weight is 384 g/mol. The molecule has 1 aromatic heterocycles. The number of amides is 1. The number of carbonyl (C=O) groups excluding carboxylic acids is 1. The van der Waals surface area contributed by atoms with Crippen LogP contribution in [0.15, 0.2) is 36.9 Å². The minimum atomic E-state index is 0. The molecule has 1 aromatic carbocycles. The number of nitrogens with zero attached hydrogens (tertiary/aromatic N) is 3. The van der Waals surface area contributed by atoms with Crippen LogP contribution in [-0.4, -0.2) is 33.8 Å². The molecule has 1 saturated carbocycles. The van der Waals surface area contributed by atoms with Gasteiger partial charge >= 0.3 is 0 Å². The molecule has 1 saturated heterocycles.